The molecule has 35 heavy (non-hydrogen) atoms. The number of sulfonamides is 1. The molecule has 1 amide bonds. The number of aromatic nitrogens is 2. The van der Waals surface area contributed by atoms with Gasteiger partial charge in [-0.1, -0.05) is 35.2 Å². The summed E-state index contributed by atoms with van der Waals surface area (Å²) in [7, 11) is -2.30. The van der Waals surface area contributed by atoms with Crippen molar-refractivity contribution in [1.82, 2.24) is 9.97 Å². The fraction of sp³-hybridized carbons (Fsp3) is 0.0870. The third kappa shape index (κ3) is 5.24. The Morgan fingerprint density at radius 1 is 1.06 bits per heavy atom. The number of thiazole rings is 1. The lowest BCUT2D eigenvalue weighted by atomic mass is 10.3. The van der Waals surface area contributed by atoms with Crippen LogP contribution in [0.25, 0.3) is 21.3 Å². The first-order chi connectivity index (χ1) is 16.9. The lowest BCUT2D eigenvalue weighted by Gasteiger charge is -2.08. The SMILES string of the molecule is COc1ccc(NS(=O)(=O)c2ccc3oc(SCC(=O)Nc4nc5ccccc5s4)nc3c2)cc1. The molecule has 0 bridgehead atoms. The molecule has 5 aromatic rings. The van der Waals surface area contributed by atoms with Crippen molar-refractivity contribution in [3.8, 4) is 5.75 Å². The second kappa shape index (κ2) is 9.56. The molecule has 12 heteroatoms. The van der Waals surface area contributed by atoms with E-state index in [4.69, 9.17) is 9.15 Å². The fourth-order valence-electron chi connectivity index (χ4n) is 3.20. The second-order valence-corrected chi connectivity index (χ2v) is 10.9. The van der Waals surface area contributed by atoms with Crippen molar-refractivity contribution in [1.29, 1.82) is 0 Å². The van der Waals surface area contributed by atoms with Gasteiger partial charge in [0.25, 0.3) is 15.2 Å². The number of carbonyl (C=O) groups is 1. The number of fused-ring (bicyclic) bond motifs is 2. The molecule has 0 fully saturated rings. The average molecular weight is 527 g/mol. The number of hydrogen-bond acceptors (Lipinski definition) is 9. The van der Waals surface area contributed by atoms with Crippen LogP contribution < -0.4 is 14.8 Å². The highest BCUT2D eigenvalue weighted by Crippen LogP contribution is 2.28. The Morgan fingerprint density at radius 2 is 1.86 bits per heavy atom. The molecule has 0 atom stereocenters. The van der Waals surface area contributed by atoms with Gasteiger partial charge in [0, 0.05) is 5.69 Å². The van der Waals surface area contributed by atoms with E-state index in [2.05, 4.69) is 20.0 Å². The van der Waals surface area contributed by atoms with Crippen molar-refractivity contribution in [2.45, 2.75) is 10.1 Å². The van der Waals surface area contributed by atoms with Crippen LogP contribution in [0.4, 0.5) is 10.8 Å². The Balaban J connectivity index is 1.25. The molecule has 0 spiro atoms. The summed E-state index contributed by atoms with van der Waals surface area (Å²) in [5, 5.41) is 3.56. The van der Waals surface area contributed by atoms with Crippen LogP contribution in [0.15, 0.2) is 81.3 Å². The number of anilines is 2. The highest BCUT2D eigenvalue weighted by molar-refractivity contribution is 7.99. The first kappa shape index (κ1) is 23.1. The van der Waals surface area contributed by atoms with E-state index in [9.17, 15) is 13.2 Å². The number of hydrogen-bond donors (Lipinski definition) is 2. The first-order valence-corrected chi connectivity index (χ1v) is 13.5. The number of ether oxygens (including phenoxy) is 1. The number of amides is 1. The Kier molecular flexibility index (Phi) is 6.32. The lowest BCUT2D eigenvalue weighted by molar-refractivity contribution is -0.113. The minimum absolute atomic E-state index is 0.0410. The number of nitrogens with one attached hydrogen (secondary N) is 2. The third-order valence-corrected chi connectivity index (χ3v) is 8.02. The third-order valence-electron chi connectivity index (χ3n) is 4.86. The number of carbonyl (C=O) groups excluding carboxylic acids is 1. The van der Waals surface area contributed by atoms with Gasteiger partial charge < -0.3 is 14.5 Å². The second-order valence-electron chi connectivity index (χ2n) is 7.27. The van der Waals surface area contributed by atoms with Crippen LogP contribution in [0, 0.1) is 0 Å². The van der Waals surface area contributed by atoms with Gasteiger partial charge in [-0.05, 0) is 54.6 Å². The van der Waals surface area contributed by atoms with E-state index in [-0.39, 0.29) is 21.8 Å². The molecule has 178 valence electrons. The van der Waals surface area contributed by atoms with Gasteiger partial charge in [0.1, 0.15) is 11.3 Å². The molecule has 0 aliphatic heterocycles. The topological polar surface area (TPSA) is 123 Å². The predicted molar refractivity (Wildman–Crippen MR) is 137 cm³/mol. The van der Waals surface area contributed by atoms with Gasteiger partial charge in [0.2, 0.25) is 5.91 Å². The molecule has 2 aromatic heterocycles. The standard InChI is InChI=1S/C23H18N4O5S3/c1-31-15-8-6-14(7-9-15)27-35(29,30)16-10-11-19-18(12-16)25-23(32-19)33-13-21(28)26-22-24-17-4-2-3-5-20(17)34-22/h2-12,27H,13H2,1H3,(H,24,26,28). The van der Waals surface area contributed by atoms with E-state index in [0.717, 1.165) is 22.0 Å². The van der Waals surface area contributed by atoms with Gasteiger partial charge in [-0.25, -0.2) is 18.4 Å². The summed E-state index contributed by atoms with van der Waals surface area (Å²) in [6.07, 6.45) is 0. The van der Waals surface area contributed by atoms with Gasteiger partial charge in [-0.2, -0.15) is 0 Å². The quantitative estimate of drug-likeness (QED) is 0.272. The number of benzene rings is 3. The molecule has 2 heterocycles. The minimum atomic E-state index is -3.84. The van der Waals surface area contributed by atoms with Crippen molar-refractivity contribution < 1.29 is 22.4 Å². The molecular weight excluding hydrogens is 508 g/mol. The molecule has 3 aromatic carbocycles. The monoisotopic (exact) mass is 526 g/mol. The zero-order chi connectivity index (χ0) is 24.4. The summed E-state index contributed by atoms with van der Waals surface area (Å²) in [6.45, 7) is 0. The van der Waals surface area contributed by atoms with Gasteiger partial charge in [0.05, 0.1) is 28.0 Å². The zero-order valence-corrected chi connectivity index (χ0v) is 20.7. The normalized spacial score (nSPS) is 11.6. The maximum Gasteiger partial charge on any atom is 0.261 e. The van der Waals surface area contributed by atoms with Crippen LogP contribution in [0.5, 0.6) is 5.75 Å². The summed E-state index contributed by atoms with van der Waals surface area (Å²) >= 11 is 2.51. The number of thioether (sulfide) groups is 1. The summed E-state index contributed by atoms with van der Waals surface area (Å²) in [4.78, 5) is 21.1. The highest BCUT2D eigenvalue weighted by atomic mass is 32.2. The van der Waals surface area contributed by atoms with Gasteiger partial charge in [-0.15, -0.1) is 0 Å². The van der Waals surface area contributed by atoms with E-state index < -0.39 is 10.0 Å². The zero-order valence-electron chi connectivity index (χ0n) is 18.2. The van der Waals surface area contributed by atoms with Gasteiger partial charge in [-0.3, -0.25) is 9.52 Å². The minimum Gasteiger partial charge on any atom is -0.497 e. The molecule has 9 nitrogen and oxygen atoms in total. The van der Waals surface area contributed by atoms with Crippen molar-refractivity contribution in [2.75, 3.05) is 22.9 Å². The van der Waals surface area contributed by atoms with Crippen molar-refractivity contribution in [2.24, 2.45) is 0 Å². The number of rotatable bonds is 8. The lowest BCUT2D eigenvalue weighted by Crippen LogP contribution is -2.13. The summed E-state index contributed by atoms with van der Waals surface area (Å²) < 4.78 is 39.8. The molecule has 5 rings (SSSR count). The summed E-state index contributed by atoms with van der Waals surface area (Å²) in [5.41, 5.74) is 2.02. The Morgan fingerprint density at radius 3 is 2.63 bits per heavy atom. The molecule has 0 aliphatic carbocycles. The summed E-state index contributed by atoms with van der Waals surface area (Å²) in [6, 6.07) is 18.6. The van der Waals surface area contributed by atoms with Crippen molar-refractivity contribution in [3.63, 3.8) is 0 Å². The number of para-hydroxylation sites is 1. The molecule has 0 unspecified atom stereocenters. The van der Waals surface area contributed by atoms with Gasteiger partial charge in [0.15, 0.2) is 10.7 Å². The highest BCUT2D eigenvalue weighted by Gasteiger charge is 2.18. The van der Waals surface area contributed by atoms with E-state index in [1.165, 1.54) is 36.6 Å². The van der Waals surface area contributed by atoms with E-state index in [0.29, 0.717) is 27.7 Å². The molecule has 2 N–H and O–H groups in total. The predicted octanol–water partition coefficient (Wildman–Crippen LogP) is 4.98. The van der Waals surface area contributed by atoms with E-state index in [1.54, 1.807) is 24.3 Å². The van der Waals surface area contributed by atoms with Crippen molar-refractivity contribution in [3.05, 3.63) is 66.7 Å². The van der Waals surface area contributed by atoms with E-state index >= 15 is 0 Å². The Bertz CT molecular complexity index is 1600. The maximum absolute atomic E-state index is 12.8. The molecule has 0 saturated carbocycles. The maximum atomic E-state index is 12.8. The fourth-order valence-corrected chi connectivity index (χ4v) is 5.80. The number of nitrogens with zero attached hydrogens (tertiary/aromatic N) is 2. The number of methoxy groups -OCH3 is 1. The van der Waals surface area contributed by atoms with Crippen LogP contribution in [0.1, 0.15) is 0 Å². The summed E-state index contributed by atoms with van der Waals surface area (Å²) in [5.74, 6) is 0.437. The Labute approximate surface area is 208 Å². The number of oxazole rings is 1. The molecule has 0 saturated heterocycles. The van der Waals surface area contributed by atoms with E-state index in [1.807, 2.05) is 24.3 Å². The molecule has 0 radical (unpaired) electrons. The van der Waals surface area contributed by atoms with Gasteiger partial charge >= 0.3 is 0 Å². The van der Waals surface area contributed by atoms with Crippen LogP contribution in [0.2, 0.25) is 0 Å². The van der Waals surface area contributed by atoms with Crippen LogP contribution >= 0.6 is 23.1 Å². The largest absolute Gasteiger partial charge is 0.497 e. The van der Waals surface area contributed by atoms with Crippen LogP contribution in [-0.4, -0.2) is 37.2 Å². The average Bonchev–Trinajstić information content (AvgIpc) is 3.45. The first-order valence-electron chi connectivity index (χ1n) is 10.3. The van der Waals surface area contributed by atoms with Crippen LogP contribution in [-0.2, 0) is 14.8 Å². The molecule has 0 aliphatic rings. The van der Waals surface area contributed by atoms with Crippen molar-refractivity contribution >= 4 is 71.2 Å². The molecular formula is C23H18N4O5S3. The Hall–Kier alpha value is -3.61. The smallest absolute Gasteiger partial charge is 0.261 e. The van der Waals surface area contributed by atoms with Crippen LogP contribution in [0.3, 0.4) is 0 Å².